The zero-order valence-corrected chi connectivity index (χ0v) is 12.6. The van der Waals surface area contributed by atoms with Gasteiger partial charge in [-0.05, 0) is 22.6 Å². The highest BCUT2D eigenvalue weighted by Gasteiger charge is 2.08. The van der Waals surface area contributed by atoms with E-state index in [1.165, 1.54) is 5.56 Å². The summed E-state index contributed by atoms with van der Waals surface area (Å²) in [4.78, 5) is 5.36. The average molecular weight is 285 g/mol. The van der Waals surface area contributed by atoms with Crippen LogP contribution in [-0.2, 0) is 11.4 Å². The van der Waals surface area contributed by atoms with Gasteiger partial charge in [0.1, 0.15) is 0 Å². The average Bonchev–Trinajstić information content (AvgIpc) is 2.52. The fraction of sp³-hybridized carbons (Fsp3) is 0.333. The third-order valence-electron chi connectivity index (χ3n) is 3.45. The van der Waals surface area contributed by atoms with Gasteiger partial charge in [-0.15, -0.1) is 0 Å². The third kappa shape index (κ3) is 4.97. The Morgan fingerprint density at radius 1 is 0.952 bits per heavy atom. The Hall–Kier alpha value is -1.68. The molecule has 0 amide bonds. The molecule has 0 fully saturated rings. The quantitative estimate of drug-likeness (QED) is 0.603. The second kappa shape index (κ2) is 7.93. The Morgan fingerprint density at radius 2 is 1.57 bits per heavy atom. The monoisotopic (exact) mass is 285 g/mol. The summed E-state index contributed by atoms with van der Waals surface area (Å²) in [5.74, 6) is 0.503. The summed E-state index contributed by atoms with van der Waals surface area (Å²) >= 11 is 0. The van der Waals surface area contributed by atoms with Crippen molar-refractivity contribution in [1.82, 2.24) is 5.48 Å². The van der Waals surface area contributed by atoms with Gasteiger partial charge in [0.25, 0.3) is 0 Å². The summed E-state index contributed by atoms with van der Waals surface area (Å²) in [6.07, 6.45) is -0.568. The Morgan fingerprint density at radius 3 is 2.19 bits per heavy atom. The Labute approximate surface area is 126 Å². The summed E-state index contributed by atoms with van der Waals surface area (Å²) in [6, 6.07) is 18.0. The largest absolute Gasteiger partial charge is 0.387 e. The summed E-state index contributed by atoms with van der Waals surface area (Å²) in [5.41, 5.74) is 6.09. The molecule has 3 nitrogen and oxygen atoms in total. The zero-order valence-electron chi connectivity index (χ0n) is 12.6. The van der Waals surface area contributed by atoms with Gasteiger partial charge in [-0.3, -0.25) is 4.84 Å². The van der Waals surface area contributed by atoms with E-state index in [0.29, 0.717) is 19.1 Å². The number of rotatable bonds is 7. The van der Waals surface area contributed by atoms with Crippen LogP contribution in [0.4, 0.5) is 0 Å². The number of hydrogen-bond acceptors (Lipinski definition) is 3. The normalized spacial score (nSPS) is 12.6. The SMILES string of the molecule is CC(C)c1ccc(C(O)CNOCc2ccccc2)cc1. The highest BCUT2D eigenvalue weighted by molar-refractivity contribution is 5.26. The molecule has 0 heterocycles. The summed E-state index contributed by atoms with van der Waals surface area (Å²) < 4.78 is 0. The van der Waals surface area contributed by atoms with E-state index in [-0.39, 0.29) is 0 Å². The lowest BCUT2D eigenvalue weighted by atomic mass is 10.00. The van der Waals surface area contributed by atoms with Gasteiger partial charge >= 0.3 is 0 Å². The van der Waals surface area contributed by atoms with Crippen LogP contribution in [0.25, 0.3) is 0 Å². The topological polar surface area (TPSA) is 41.5 Å². The number of hydrogen-bond donors (Lipinski definition) is 2. The third-order valence-corrected chi connectivity index (χ3v) is 3.45. The Balaban J connectivity index is 1.75. The van der Waals surface area contributed by atoms with Gasteiger partial charge in [0.05, 0.1) is 19.3 Å². The molecule has 2 rings (SSSR count). The lowest BCUT2D eigenvalue weighted by molar-refractivity contribution is 0.00269. The van der Waals surface area contributed by atoms with Gasteiger partial charge in [0.2, 0.25) is 0 Å². The number of aliphatic hydroxyl groups excluding tert-OH is 1. The first-order valence-corrected chi connectivity index (χ1v) is 7.33. The fourth-order valence-electron chi connectivity index (χ4n) is 2.07. The van der Waals surface area contributed by atoms with Crippen LogP contribution < -0.4 is 5.48 Å². The molecule has 0 saturated carbocycles. The number of aliphatic hydroxyl groups is 1. The van der Waals surface area contributed by atoms with E-state index in [1.807, 2.05) is 42.5 Å². The minimum Gasteiger partial charge on any atom is -0.387 e. The van der Waals surface area contributed by atoms with Gasteiger partial charge in [0, 0.05) is 0 Å². The highest BCUT2D eigenvalue weighted by atomic mass is 16.6. The van der Waals surface area contributed by atoms with Crippen molar-refractivity contribution in [1.29, 1.82) is 0 Å². The predicted molar refractivity (Wildman–Crippen MR) is 84.7 cm³/mol. The molecule has 1 atom stereocenters. The molecule has 0 saturated heterocycles. The van der Waals surface area contributed by atoms with Gasteiger partial charge in [-0.25, -0.2) is 0 Å². The van der Waals surface area contributed by atoms with Crippen molar-refractivity contribution < 1.29 is 9.94 Å². The number of benzene rings is 2. The minimum atomic E-state index is -0.568. The van der Waals surface area contributed by atoms with E-state index in [1.54, 1.807) is 0 Å². The predicted octanol–water partition coefficient (Wildman–Crippen LogP) is 3.56. The van der Waals surface area contributed by atoms with Crippen molar-refractivity contribution in [3.63, 3.8) is 0 Å². The molecule has 3 heteroatoms. The van der Waals surface area contributed by atoms with Crippen molar-refractivity contribution in [3.8, 4) is 0 Å². The molecule has 112 valence electrons. The first-order valence-electron chi connectivity index (χ1n) is 7.33. The van der Waals surface area contributed by atoms with E-state index in [4.69, 9.17) is 4.84 Å². The van der Waals surface area contributed by atoms with Gasteiger partial charge < -0.3 is 5.11 Å². The molecule has 21 heavy (non-hydrogen) atoms. The lowest BCUT2D eigenvalue weighted by Crippen LogP contribution is -2.21. The molecule has 2 N–H and O–H groups in total. The molecular weight excluding hydrogens is 262 g/mol. The fourth-order valence-corrected chi connectivity index (χ4v) is 2.07. The van der Waals surface area contributed by atoms with Crippen molar-refractivity contribution in [3.05, 3.63) is 71.3 Å². The van der Waals surface area contributed by atoms with Crippen LogP contribution in [-0.4, -0.2) is 11.7 Å². The first-order chi connectivity index (χ1) is 10.2. The van der Waals surface area contributed by atoms with E-state index < -0.39 is 6.10 Å². The van der Waals surface area contributed by atoms with Crippen LogP contribution in [0.3, 0.4) is 0 Å². The van der Waals surface area contributed by atoms with E-state index >= 15 is 0 Å². The van der Waals surface area contributed by atoms with E-state index in [0.717, 1.165) is 11.1 Å². The van der Waals surface area contributed by atoms with Crippen LogP contribution in [0, 0.1) is 0 Å². The summed E-state index contributed by atoms with van der Waals surface area (Å²) in [6.45, 7) is 5.17. The van der Waals surface area contributed by atoms with Gasteiger partial charge in [-0.2, -0.15) is 5.48 Å². The number of nitrogens with one attached hydrogen (secondary N) is 1. The molecule has 0 spiro atoms. The molecule has 2 aromatic carbocycles. The minimum absolute atomic E-state index is 0.369. The molecule has 0 aliphatic rings. The van der Waals surface area contributed by atoms with Crippen molar-refractivity contribution in [2.45, 2.75) is 32.5 Å². The second-order valence-electron chi connectivity index (χ2n) is 5.46. The smallest absolute Gasteiger partial charge is 0.0937 e. The zero-order chi connectivity index (χ0) is 15.1. The molecule has 2 aromatic rings. The van der Waals surface area contributed by atoms with Crippen LogP contribution in [0.2, 0.25) is 0 Å². The highest BCUT2D eigenvalue weighted by Crippen LogP contribution is 2.18. The first kappa shape index (κ1) is 15.7. The maximum atomic E-state index is 10.1. The summed E-state index contributed by atoms with van der Waals surface area (Å²) in [7, 11) is 0. The second-order valence-corrected chi connectivity index (χ2v) is 5.46. The van der Waals surface area contributed by atoms with E-state index in [2.05, 4.69) is 31.5 Å². The van der Waals surface area contributed by atoms with Crippen molar-refractivity contribution in [2.75, 3.05) is 6.54 Å². The number of hydroxylamine groups is 1. The Bertz CT molecular complexity index is 523. The van der Waals surface area contributed by atoms with Crippen molar-refractivity contribution in [2.24, 2.45) is 0 Å². The van der Waals surface area contributed by atoms with Gasteiger partial charge in [0.15, 0.2) is 0 Å². The molecule has 0 radical (unpaired) electrons. The lowest BCUT2D eigenvalue weighted by Gasteiger charge is -2.13. The molecule has 1 unspecified atom stereocenters. The summed E-state index contributed by atoms with van der Waals surface area (Å²) in [5, 5.41) is 10.1. The maximum absolute atomic E-state index is 10.1. The van der Waals surface area contributed by atoms with Crippen LogP contribution in [0.5, 0.6) is 0 Å². The molecule has 0 bridgehead atoms. The maximum Gasteiger partial charge on any atom is 0.0937 e. The van der Waals surface area contributed by atoms with Crippen LogP contribution >= 0.6 is 0 Å². The van der Waals surface area contributed by atoms with Crippen LogP contribution in [0.15, 0.2) is 54.6 Å². The van der Waals surface area contributed by atoms with Gasteiger partial charge in [-0.1, -0.05) is 68.4 Å². The molecule has 0 aromatic heterocycles. The molecule has 0 aliphatic carbocycles. The molecular formula is C18H23NO2. The Kier molecular flexibility index (Phi) is 5.93. The standard InChI is InChI=1S/C18H23NO2/c1-14(2)16-8-10-17(11-9-16)18(20)12-19-21-13-15-6-4-3-5-7-15/h3-11,14,18-20H,12-13H2,1-2H3. The van der Waals surface area contributed by atoms with Crippen LogP contribution in [0.1, 0.15) is 42.6 Å². The molecule has 0 aliphatic heterocycles. The van der Waals surface area contributed by atoms with E-state index in [9.17, 15) is 5.11 Å². The van der Waals surface area contributed by atoms with Crippen molar-refractivity contribution >= 4 is 0 Å².